The molecule has 0 spiro atoms. The van der Waals surface area contributed by atoms with E-state index in [0.717, 1.165) is 13.0 Å². The number of aliphatic hydroxyl groups is 1. The highest BCUT2D eigenvalue weighted by molar-refractivity contribution is 6.29. The molecule has 1 aromatic rings. The van der Waals surface area contributed by atoms with Crippen LogP contribution in [0.1, 0.15) is 20.3 Å². The highest BCUT2D eigenvalue weighted by Gasteiger charge is 2.16. The van der Waals surface area contributed by atoms with Crippen LogP contribution in [0.25, 0.3) is 0 Å². The summed E-state index contributed by atoms with van der Waals surface area (Å²) in [6, 6.07) is 3.47. The van der Waals surface area contributed by atoms with Crippen LogP contribution in [0.5, 0.6) is 0 Å². The summed E-state index contributed by atoms with van der Waals surface area (Å²) in [5, 5.41) is 20.0. The molecule has 0 bridgehead atoms. The Hall–Kier alpha value is -0.870. The molecular weight excluding hydrogens is 214 g/mol. The van der Waals surface area contributed by atoms with E-state index in [1.165, 1.54) is 0 Å². The van der Waals surface area contributed by atoms with E-state index in [2.05, 4.69) is 29.4 Å². The van der Waals surface area contributed by atoms with Gasteiger partial charge in [-0.05, 0) is 24.0 Å². The Balaban J connectivity index is 2.46. The molecule has 0 saturated heterocycles. The van der Waals surface area contributed by atoms with Gasteiger partial charge in [-0.1, -0.05) is 25.4 Å². The number of anilines is 1. The monoisotopic (exact) mass is 229 g/mol. The zero-order chi connectivity index (χ0) is 11.3. The van der Waals surface area contributed by atoms with Gasteiger partial charge < -0.3 is 10.4 Å². The zero-order valence-electron chi connectivity index (χ0n) is 9.00. The topological polar surface area (TPSA) is 58.0 Å². The van der Waals surface area contributed by atoms with Crippen molar-refractivity contribution in [2.24, 2.45) is 5.41 Å². The van der Waals surface area contributed by atoms with Crippen LogP contribution in [0.15, 0.2) is 12.1 Å². The van der Waals surface area contributed by atoms with E-state index in [1.54, 1.807) is 12.1 Å². The molecule has 0 radical (unpaired) electrons. The van der Waals surface area contributed by atoms with Crippen molar-refractivity contribution in [1.29, 1.82) is 0 Å². The van der Waals surface area contributed by atoms with Crippen molar-refractivity contribution >= 4 is 17.4 Å². The number of aliphatic hydroxyl groups excluding tert-OH is 1. The highest BCUT2D eigenvalue weighted by atomic mass is 35.5. The van der Waals surface area contributed by atoms with Crippen molar-refractivity contribution in [2.75, 3.05) is 18.5 Å². The standard InChI is InChI=1S/C10H16ClN3O/c1-10(2,5-6-15)7-12-9-4-3-8(11)13-14-9/h3-4,15H,5-7H2,1-2H3,(H,12,14). The van der Waals surface area contributed by atoms with Crippen LogP contribution < -0.4 is 5.32 Å². The minimum absolute atomic E-state index is 0.0378. The number of aromatic nitrogens is 2. The molecule has 15 heavy (non-hydrogen) atoms. The van der Waals surface area contributed by atoms with E-state index in [4.69, 9.17) is 16.7 Å². The van der Waals surface area contributed by atoms with Crippen molar-refractivity contribution in [3.05, 3.63) is 17.3 Å². The van der Waals surface area contributed by atoms with Crippen LogP contribution in [0, 0.1) is 5.41 Å². The van der Waals surface area contributed by atoms with Gasteiger partial charge in [-0.25, -0.2) is 0 Å². The van der Waals surface area contributed by atoms with Crippen molar-refractivity contribution in [3.8, 4) is 0 Å². The van der Waals surface area contributed by atoms with Gasteiger partial charge in [0.1, 0.15) is 5.82 Å². The lowest BCUT2D eigenvalue weighted by Gasteiger charge is -2.23. The molecule has 2 N–H and O–H groups in total. The van der Waals surface area contributed by atoms with Gasteiger partial charge >= 0.3 is 0 Å². The van der Waals surface area contributed by atoms with Gasteiger partial charge in [-0.15, -0.1) is 10.2 Å². The lowest BCUT2D eigenvalue weighted by molar-refractivity contribution is 0.220. The van der Waals surface area contributed by atoms with Gasteiger partial charge in [0.2, 0.25) is 0 Å². The molecule has 4 nitrogen and oxygen atoms in total. The Morgan fingerprint density at radius 3 is 2.67 bits per heavy atom. The lowest BCUT2D eigenvalue weighted by atomic mass is 9.90. The summed E-state index contributed by atoms with van der Waals surface area (Å²) in [7, 11) is 0. The first-order valence-corrected chi connectivity index (χ1v) is 5.25. The Bertz CT molecular complexity index is 300. The predicted molar refractivity (Wildman–Crippen MR) is 61.0 cm³/mol. The van der Waals surface area contributed by atoms with Gasteiger partial charge in [0.15, 0.2) is 5.15 Å². The molecule has 0 aromatic carbocycles. The van der Waals surface area contributed by atoms with Gasteiger partial charge in [0.05, 0.1) is 0 Å². The molecule has 0 amide bonds. The Morgan fingerprint density at radius 2 is 2.13 bits per heavy atom. The van der Waals surface area contributed by atoms with Crippen LogP contribution in [-0.4, -0.2) is 28.5 Å². The Kier molecular flexibility index (Phi) is 4.29. The van der Waals surface area contributed by atoms with Crippen molar-refractivity contribution < 1.29 is 5.11 Å². The Labute approximate surface area is 94.7 Å². The third-order valence-corrected chi connectivity index (χ3v) is 2.37. The van der Waals surface area contributed by atoms with E-state index in [0.29, 0.717) is 11.0 Å². The summed E-state index contributed by atoms with van der Waals surface area (Å²) >= 11 is 5.62. The van der Waals surface area contributed by atoms with Gasteiger partial charge in [0, 0.05) is 13.2 Å². The number of nitrogens with zero attached hydrogens (tertiary/aromatic N) is 2. The van der Waals surface area contributed by atoms with Gasteiger partial charge in [-0.3, -0.25) is 0 Å². The third kappa shape index (κ3) is 4.44. The maximum atomic E-state index is 8.86. The molecule has 5 heteroatoms. The minimum Gasteiger partial charge on any atom is -0.396 e. The van der Waals surface area contributed by atoms with Crippen molar-refractivity contribution in [2.45, 2.75) is 20.3 Å². The molecule has 1 rings (SSSR count). The maximum Gasteiger partial charge on any atom is 0.151 e. The largest absolute Gasteiger partial charge is 0.396 e. The minimum atomic E-state index is 0.0378. The average Bonchev–Trinajstić information content (AvgIpc) is 2.17. The second kappa shape index (κ2) is 5.28. The molecular formula is C10H16ClN3O. The van der Waals surface area contributed by atoms with Crippen LogP contribution >= 0.6 is 11.6 Å². The van der Waals surface area contributed by atoms with E-state index >= 15 is 0 Å². The quantitative estimate of drug-likeness (QED) is 0.811. The van der Waals surface area contributed by atoms with E-state index < -0.39 is 0 Å². The summed E-state index contributed by atoms with van der Waals surface area (Å²) in [6.45, 7) is 5.10. The number of hydrogen-bond donors (Lipinski definition) is 2. The Morgan fingerprint density at radius 1 is 1.40 bits per heavy atom. The average molecular weight is 230 g/mol. The van der Waals surface area contributed by atoms with Gasteiger partial charge in [0.25, 0.3) is 0 Å². The summed E-state index contributed by atoms with van der Waals surface area (Å²) in [4.78, 5) is 0. The fraction of sp³-hybridized carbons (Fsp3) is 0.600. The normalized spacial score (nSPS) is 11.5. The molecule has 0 fully saturated rings. The van der Waals surface area contributed by atoms with Crippen LogP contribution in [0.3, 0.4) is 0 Å². The number of nitrogens with one attached hydrogen (secondary N) is 1. The smallest absolute Gasteiger partial charge is 0.151 e. The van der Waals surface area contributed by atoms with E-state index in [9.17, 15) is 0 Å². The maximum absolute atomic E-state index is 8.86. The van der Waals surface area contributed by atoms with Crippen LogP contribution in [-0.2, 0) is 0 Å². The predicted octanol–water partition coefficient (Wildman–Crippen LogP) is 1.95. The summed E-state index contributed by atoms with van der Waals surface area (Å²) in [5.74, 6) is 0.699. The molecule has 0 aliphatic carbocycles. The lowest BCUT2D eigenvalue weighted by Crippen LogP contribution is -2.24. The molecule has 84 valence electrons. The molecule has 0 atom stereocenters. The van der Waals surface area contributed by atoms with Crippen molar-refractivity contribution in [3.63, 3.8) is 0 Å². The fourth-order valence-corrected chi connectivity index (χ4v) is 1.23. The third-order valence-electron chi connectivity index (χ3n) is 2.17. The second-order valence-corrected chi connectivity index (χ2v) is 4.62. The molecule has 1 aromatic heterocycles. The fourth-order valence-electron chi connectivity index (χ4n) is 1.13. The highest BCUT2D eigenvalue weighted by Crippen LogP contribution is 2.20. The molecule has 0 saturated carbocycles. The first-order valence-electron chi connectivity index (χ1n) is 4.87. The summed E-state index contributed by atoms with van der Waals surface area (Å²) in [6.07, 6.45) is 0.751. The van der Waals surface area contributed by atoms with Crippen molar-refractivity contribution in [1.82, 2.24) is 10.2 Å². The number of halogens is 1. The molecule has 1 heterocycles. The second-order valence-electron chi connectivity index (χ2n) is 4.23. The first kappa shape index (κ1) is 12.2. The molecule has 0 aliphatic heterocycles. The first-order chi connectivity index (χ1) is 7.03. The van der Waals surface area contributed by atoms with Crippen LogP contribution in [0.4, 0.5) is 5.82 Å². The summed E-state index contributed by atoms with van der Waals surface area (Å²) in [5.41, 5.74) is 0.0378. The summed E-state index contributed by atoms with van der Waals surface area (Å²) < 4.78 is 0. The molecule has 0 aliphatic rings. The van der Waals surface area contributed by atoms with E-state index in [1.807, 2.05) is 0 Å². The number of rotatable bonds is 5. The van der Waals surface area contributed by atoms with Gasteiger partial charge in [-0.2, -0.15) is 0 Å². The number of hydrogen-bond acceptors (Lipinski definition) is 4. The van der Waals surface area contributed by atoms with E-state index in [-0.39, 0.29) is 12.0 Å². The zero-order valence-corrected chi connectivity index (χ0v) is 9.75. The molecule has 0 unspecified atom stereocenters. The SMILES string of the molecule is CC(C)(CCO)CNc1ccc(Cl)nn1. The van der Waals surface area contributed by atoms with Crippen LogP contribution in [0.2, 0.25) is 5.15 Å².